The summed E-state index contributed by atoms with van der Waals surface area (Å²) in [6.45, 7) is 0. The van der Waals surface area contributed by atoms with Crippen molar-refractivity contribution >= 4 is 33.2 Å². The van der Waals surface area contributed by atoms with Crippen LogP contribution in [0.2, 0.25) is 0 Å². The monoisotopic (exact) mass is 314 g/mol. The minimum absolute atomic E-state index is 0.404. The average molecular weight is 314 g/mol. The number of aromatic nitrogens is 1. The number of pyridine rings is 1. The van der Waals surface area contributed by atoms with E-state index in [4.69, 9.17) is 19.9 Å². The number of hydrogen-bond acceptors (Lipinski definition) is 6. The van der Waals surface area contributed by atoms with Crippen molar-refractivity contribution < 1.29 is 13.9 Å². The lowest BCUT2D eigenvalue weighted by Crippen LogP contribution is -2.02. The van der Waals surface area contributed by atoms with E-state index in [-0.39, 0.29) is 0 Å². The molecule has 2 N–H and O–H groups in total. The van der Waals surface area contributed by atoms with Gasteiger partial charge in [-0.15, -0.1) is 11.3 Å². The molecule has 0 amide bonds. The summed E-state index contributed by atoms with van der Waals surface area (Å²) in [4.78, 5) is 17.8. The molecule has 0 aromatic carbocycles. The van der Waals surface area contributed by atoms with Gasteiger partial charge in [0, 0.05) is 16.6 Å². The van der Waals surface area contributed by atoms with E-state index in [1.807, 2.05) is 12.1 Å². The molecule has 22 heavy (non-hydrogen) atoms. The molecule has 112 valence electrons. The Morgan fingerprint density at radius 2 is 2.32 bits per heavy atom. The molecule has 6 heteroatoms. The third kappa shape index (κ3) is 1.77. The smallest absolute Gasteiger partial charge is 0.350 e. The van der Waals surface area contributed by atoms with Crippen LogP contribution >= 0.6 is 11.3 Å². The molecular weight excluding hydrogens is 300 g/mol. The molecule has 0 spiro atoms. The molecule has 4 rings (SSSR count). The molecular formula is C16H14N2O3S. The van der Waals surface area contributed by atoms with Gasteiger partial charge in [0.05, 0.1) is 19.1 Å². The van der Waals surface area contributed by atoms with Crippen LogP contribution in [0.1, 0.15) is 27.3 Å². The molecule has 0 saturated carbocycles. The fourth-order valence-electron chi connectivity index (χ4n) is 3.08. The van der Waals surface area contributed by atoms with Crippen molar-refractivity contribution in [2.45, 2.75) is 19.3 Å². The van der Waals surface area contributed by atoms with Crippen LogP contribution < -0.4 is 5.73 Å². The molecule has 0 bridgehead atoms. The number of ether oxygens (including phenoxy) is 1. The number of carbonyl (C=O) groups excluding carboxylic acids is 1. The maximum absolute atomic E-state index is 11.9. The van der Waals surface area contributed by atoms with Crippen molar-refractivity contribution in [3.8, 4) is 11.3 Å². The lowest BCUT2D eigenvalue weighted by molar-refractivity contribution is 0.0607. The normalized spacial score (nSPS) is 13.5. The molecule has 0 saturated heterocycles. The van der Waals surface area contributed by atoms with Crippen LogP contribution in [-0.2, 0) is 17.6 Å². The Labute approximate surface area is 130 Å². The van der Waals surface area contributed by atoms with E-state index >= 15 is 0 Å². The van der Waals surface area contributed by atoms with E-state index in [1.54, 1.807) is 6.26 Å². The number of esters is 1. The van der Waals surface area contributed by atoms with Gasteiger partial charge in [0.1, 0.15) is 15.5 Å². The number of fused-ring (bicyclic) bond motifs is 2. The predicted molar refractivity (Wildman–Crippen MR) is 85.1 cm³/mol. The van der Waals surface area contributed by atoms with Gasteiger partial charge in [-0.05, 0) is 37.0 Å². The lowest BCUT2D eigenvalue weighted by atomic mass is 10.0. The van der Waals surface area contributed by atoms with Gasteiger partial charge in [-0.25, -0.2) is 9.78 Å². The van der Waals surface area contributed by atoms with E-state index in [0.717, 1.165) is 46.5 Å². The number of aryl methyl sites for hydroxylation is 1. The van der Waals surface area contributed by atoms with E-state index in [2.05, 4.69) is 0 Å². The highest BCUT2D eigenvalue weighted by Crippen LogP contribution is 2.44. The first kappa shape index (κ1) is 13.3. The summed E-state index contributed by atoms with van der Waals surface area (Å²) < 4.78 is 10.4. The van der Waals surface area contributed by atoms with E-state index in [0.29, 0.717) is 10.6 Å². The second-order valence-corrected chi connectivity index (χ2v) is 6.26. The van der Waals surface area contributed by atoms with Gasteiger partial charge < -0.3 is 14.9 Å². The number of methoxy groups -OCH3 is 1. The minimum atomic E-state index is -0.425. The molecule has 1 aliphatic rings. The minimum Gasteiger partial charge on any atom is -0.465 e. The predicted octanol–water partition coefficient (Wildman–Crippen LogP) is 3.41. The molecule has 0 atom stereocenters. The van der Waals surface area contributed by atoms with E-state index in [9.17, 15) is 4.79 Å². The summed E-state index contributed by atoms with van der Waals surface area (Å²) in [6.07, 6.45) is 4.63. The second kappa shape index (κ2) is 4.84. The Kier molecular flexibility index (Phi) is 2.94. The molecule has 3 aromatic rings. The van der Waals surface area contributed by atoms with E-state index in [1.165, 1.54) is 24.0 Å². The molecule has 3 aromatic heterocycles. The molecule has 0 aliphatic heterocycles. The summed E-state index contributed by atoms with van der Waals surface area (Å²) in [5.74, 6) is 0.345. The second-order valence-electron chi connectivity index (χ2n) is 5.26. The summed E-state index contributed by atoms with van der Waals surface area (Å²) >= 11 is 1.28. The topological polar surface area (TPSA) is 78.3 Å². The zero-order valence-electron chi connectivity index (χ0n) is 12.0. The Bertz CT molecular complexity index is 881. The summed E-state index contributed by atoms with van der Waals surface area (Å²) in [7, 11) is 1.35. The van der Waals surface area contributed by atoms with Crippen molar-refractivity contribution in [2.75, 3.05) is 12.8 Å². The van der Waals surface area contributed by atoms with Crippen molar-refractivity contribution in [3.05, 3.63) is 34.5 Å². The van der Waals surface area contributed by atoms with Gasteiger partial charge in [0.15, 0.2) is 0 Å². The first-order valence-corrected chi connectivity index (χ1v) is 7.88. The average Bonchev–Trinajstić information content (AvgIpc) is 3.24. The number of hydrogen-bond donors (Lipinski definition) is 1. The maximum Gasteiger partial charge on any atom is 0.350 e. The van der Waals surface area contributed by atoms with Crippen molar-refractivity contribution in [1.29, 1.82) is 0 Å². The largest absolute Gasteiger partial charge is 0.465 e. The summed E-state index contributed by atoms with van der Waals surface area (Å²) in [5.41, 5.74) is 9.92. The molecule has 0 unspecified atom stereocenters. The van der Waals surface area contributed by atoms with Gasteiger partial charge in [-0.3, -0.25) is 0 Å². The number of nitrogen functional groups attached to an aromatic ring is 1. The third-order valence-corrected chi connectivity index (χ3v) is 5.12. The van der Waals surface area contributed by atoms with Crippen LogP contribution in [0.15, 0.2) is 22.8 Å². The molecule has 5 nitrogen and oxygen atoms in total. The Balaban J connectivity index is 2.10. The number of anilines is 1. The Morgan fingerprint density at radius 3 is 3.05 bits per heavy atom. The summed E-state index contributed by atoms with van der Waals surface area (Å²) in [6, 6.07) is 3.77. The van der Waals surface area contributed by atoms with E-state index < -0.39 is 5.97 Å². The van der Waals surface area contributed by atoms with Crippen molar-refractivity contribution in [3.63, 3.8) is 0 Å². The van der Waals surface area contributed by atoms with Crippen LogP contribution in [-0.4, -0.2) is 18.1 Å². The van der Waals surface area contributed by atoms with Gasteiger partial charge in [-0.2, -0.15) is 0 Å². The fourth-order valence-corrected chi connectivity index (χ4v) is 4.12. The van der Waals surface area contributed by atoms with Gasteiger partial charge in [-0.1, -0.05) is 0 Å². The number of nitrogens with two attached hydrogens (primary N) is 1. The summed E-state index contributed by atoms with van der Waals surface area (Å²) in [5, 5.41) is 0.806. The number of nitrogens with zero attached hydrogens (tertiary/aromatic N) is 1. The first-order chi connectivity index (χ1) is 10.7. The molecule has 0 fully saturated rings. The third-order valence-electron chi connectivity index (χ3n) is 4.04. The van der Waals surface area contributed by atoms with Gasteiger partial charge in [0.25, 0.3) is 0 Å². The number of furan rings is 1. The van der Waals surface area contributed by atoms with Crippen LogP contribution in [0.4, 0.5) is 5.69 Å². The lowest BCUT2D eigenvalue weighted by Gasteiger charge is -2.08. The SMILES string of the molecule is COC(=O)c1sc2nc3c(c(-c4ccco4)c2c1N)CCC3. The zero-order valence-corrected chi connectivity index (χ0v) is 12.8. The molecule has 3 heterocycles. The van der Waals surface area contributed by atoms with Crippen LogP contribution in [0.25, 0.3) is 21.5 Å². The molecule has 1 aliphatic carbocycles. The highest BCUT2D eigenvalue weighted by atomic mass is 32.1. The zero-order chi connectivity index (χ0) is 15.3. The number of rotatable bonds is 2. The van der Waals surface area contributed by atoms with Crippen LogP contribution in [0.5, 0.6) is 0 Å². The fraction of sp³-hybridized carbons (Fsp3) is 0.250. The quantitative estimate of drug-likeness (QED) is 0.733. The number of carbonyl (C=O) groups is 1. The van der Waals surface area contributed by atoms with Gasteiger partial charge >= 0.3 is 5.97 Å². The maximum atomic E-state index is 11.9. The first-order valence-electron chi connectivity index (χ1n) is 7.06. The molecule has 0 radical (unpaired) electrons. The Hall–Kier alpha value is -2.34. The van der Waals surface area contributed by atoms with Crippen molar-refractivity contribution in [2.24, 2.45) is 0 Å². The van der Waals surface area contributed by atoms with Gasteiger partial charge in [0.2, 0.25) is 0 Å². The standard InChI is InChI=1S/C16H14N2O3S/c1-20-16(19)14-13(17)12-11(10-6-3-7-21-10)8-4-2-5-9(8)18-15(12)22-14/h3,6-7H,2,4-5,17H2,1H3. The van der Waals surface area contributed by atoms with Crippen LogP contribution in [0, 0.1) is 0 Å². The van der Waals surface area contributed by atoms with Crippen LogP contribution in [0.3, 0.4) is 0 Å². The highest BCUT2D eigenvalue weighted by molar-refractivity contribution is 7.21. The number of thiophene rings is 1. The van der Waals surface area contributed by atoms with Crippen molar-refractivity contribution in [1.82, 2.24) is 4.98 Å². The Morgan fingerprint density at radius 1 is 1.45 bits per heavy atom. The highest BCUT2D eigenvalue weighted by Gasteiger charge is 2.27.